The van der Waals surface area contributed by atoms with E-state index in [1.165, 1.54) is 7.11 Å². The molecule has 2 N–H and O–H groups in total. The van der Waals surface area contributed by atoms with Gasteiger partial charge >= 0.3 is 0 Å². The number of amides is 2. The molecule has 2 aromatic rings. The van der Waals surface area contributed by atoms with E-state index in [1.807, 2.05) is 31.2 Å². The molecule has 3 rings (SSSR count). The van der Waals surface area contributed by atoms with Gasteiger partial charge in [-0.15, -0.1) is 0 Å². The van der Waals surface area contributed by atoms with Gasteiger partial charge in [-0.05, 0) is 37.5 Å². The topological polar surface area (TPSA) is 76.7 Å². The zero-order chi connectivity index (χ0) is 19.4. The summed E-state index contributed by atoms with van der Waals surface area (Å²) in [6.45, 7) is 2.41. The molecule has 1 aliphatic rings. The molecule has 1 saturated carbocycles. The van der Waals surface area contributed by atoms with E-state index in [0.29, 0.717) is 36.6 Å². The monoisotopic (exact) mass is 368 g/mol. The van der Waals surface area contributed by atoms with Crippen molar-refractivity contribution < 1.29 is 19.1 Å². The Kier molecular flexibility index (Phi) is 5.35. The highest BCUT2D eigenvalue weighted by atomic mass is 16.5. The van der Waals surface area contributed by atoms with E-state index in [1.54, 1.807) is 25.3 Å². The Hall–Kier alpha value is -3.02. The third-order valence-corrected chi connectivity index (χ3v) is 4.80. The van der Waals surface area contributed by atoms with Crippen LogP contribution in [0.15, 0.2) is 42.5 Å². The van der Waals surface area contributed by atoms with Gasteiger partial charge in [-0.3, -0.25) is 9.59 Å². The Balaban J connectivity index is 1.64. The fourth-order valence-corrected chi connectivity index (χ4v) is 3.02. The van der Waals surface area contributed by atoms with Gasteiger partial charge < -0.3 is 20.1 Å². The van der Waals surface area contributed by atoms with Crippen molar-refractivity contribution in [2.45, 2.75) is 26.3 Å². The third-order valence-electron chi connectivity index (χ3n) is 4.80. The number of carbonyl (C=O) groups excluding carboxylic acids is 2. The number of hydrogen-bond donors (Lipinski definition) is 2. The molecule has 0 saturated heterocycles. The molecule has 0 spiro atoms. The Morgan fingerprint density at radius 2 is 1.74 bits per heavy atom. The molecular formula is C21H24N2O4. The minimum Gasteiger partial charge on any atom is -0.493 e. The normalized spacial score (nSPS) is 14.2. The molecule has 0 heterocycles. The summed E-state index contributed by atoms with van der Waals surface area (Å²) in [4.78, 5) is 25.3. The van der Waals surface area contributed by atoms with Crippen molar-refractivity contribution in [1.82, 2.24) is 5.32 Å². The van der Waals surface area contributed by atoms with Crippen molar-refractivity contribution in [1.29, 1.82) is 0 Å². The van der Waals surface area contributed by atoms with Crippen LogP contribution in [0, 0.1) is 12.3 Å². The molecule has 2 aromatic carbocycles. The number of anilines is 1. The molecule has 0 atom stereocenters. The lowest BCUT2D eigenvalue weighted by molar-refractivity contribution is -0.134. The van der Waals surface area contributed by atoms with E-state index in [-0.39, 0.29) is 11.8 Å². The molecule has 142 valence electrons. The fraction of sp³-hybridized carbons (Fsp3) is 0.333. The molecule has 0 aliphatic heterocycles. The highest BCUT2D eigenvalue weighted by Crippen LogP contribution is 2.47. The highest BCUT2D eigenvalue weighted by molar-refractivity contribution is 6.13. The van der Waals surface area contributed by atoms with Crippen LogP contribution in [0.25, 0.3) is 0 Å². The van der Waals surface area contributed by atoms with Gasteiger partial charge in [-0.1, -0.05) is 29.8 Å². The maximum atomic E-state index is 12.7. The van der Waals surface area contributed by atoms with Crippen LogP contribution in [-0.2, 0) is 16.1 Å². The lowest BCUT2D eigenvalue weighted by Gasteiger charge is -2.16. The van der Waals surface area contributed by atoms with Crippen molar-refractivity contribution >= 4 is 17.5 Å². The molecular weight excluding hydrogens is 344 g/mol. The number of rotatable bonds is 7. The number of methoxy groups -OCH3 is 2. The van der Waals surface area contributed by atoms with Crippen LogP contribution in [0.1, 0.15) is 24.0 Å². The van der Waals surface area contributed by atoms with Crippen LogP contribution >= 0.6 is 0 Å². The standard InChI is InChI=1S/C21H24N2O4/c1-14-5-4-6-15(11-14)13-22-19(24)21(9-10-21)20(25)23-16-7-8-17(26-2)18(12-16)27-3/h4-8,11-12H,9-10,13H2,1-3H3,(H,22,24)(H,23,25). The van der Waals surface area contributed by atoms with E-state index in [9.17, 15) is 9.59 Å². The molecule has 0 bridgehead atoms. The highest BCUT2D eigenvalue weighted by Gasteiger charge is 2.56. The summed E-state index contributed by atoms with van der Waals surface area (Å²) in [5.74, 6) is 0.565. The number of hydrogen-bond acceptors (Lipinski definition) is 4. The van der Waals surface area contributed by atoms with Crippen molar-refractivity contribution in [3.05, 3.63) is 53.6 Å². The van der Waals surface area contributed by atoms with Gasteiger partial charge in [-0.2, -0.15) is 0 Å². The second kappa shape index (κ2) is 7.70. The van der Waals surface area contributed by atoms with Gasteiger partial charge in [0.2, 0.25) is 11.8 Å². The Labute approximate surface area is 158 Å². The molecule has 1 fully saturated rings. The predicted molar refractivity (Wildman–Crippen MR) is 103 cm³/mol. The number of aryl methyl sites for hydroxylation is 1. The molecule has 0 aromatic heterocycles. The van der Waals surface area contributed by atoms with Crippen LogP contribution in [0.5, 0.6) is 11.5 Å². The zero-order valence-electron chi connectivity index (χ0n) is 15.8. The zero-order valence-corrected chi connectivity index (χ0v) is 15.8. The molecule has 6 heteroatoms. The van der Waals surface area contributed by atoms with E-state index in [4.69, 9.17) is 9.47 Å². The van der Waals surface area contributed by atoms with E-state index < -0.39 is 5.41 Å². The number of benzene rings is 2. The molecule has 2 amide bonds. The SMILES string of the molecule is COc1ccc(NC(=O)C2(C(=O)NCc3cccc(C)c3)CC2)cc1OC. The fourth-order valence-electron chi connectivity index (χ4n) is 3.02. The first-order chi connectivity index (χ1) is 13.0. The summed E-state index contributed by atoms with van der Waals surface area (Å²) >= 11 is 0. The quantitative estimate of drug-likeness (QED) is 0.737. The Morgan fingerprint density at radius 1 is 1.00 bits per heavy atom. The second-order valence-corrected chi connectivity index (χ2v) is 6.78. The van der Waals surface area contributed by atoms with Crippen molar-refractivity contribution in [3.63, 3.8) is 0 Å². The van der Waals surface area contributed by atoms with Crippen LogP contribution in [0.4, 0.5) is 5.69 Å². The van der Waals surface area contributed by atoms with Crippen LogP contribution in [0.3, 0.4) is 0 Å². The first-order valence-electron chi connectivity index (χ1n) is 8.86. The van der Waals surface area contributed by atoms with Gasteiger partial charge in [-0.25, -0.2) is 0 Å². The van der Waals surface area contributed by atoms with Crippen LogP contribution in [-0.4, -0.2) is 26.0 Å². The third kappa shape index (κ3) is 4.05. The largest absolute Gasteiger partial charge is 0.493 e. The van der Waals surface area contributed by atoms with Gasteiger partial charge in [0.15, 0.2) is 11.5 Å². The Bertz CT molecular complexity index is 859. The van der Waals surface area contributed by atoms with Crippen molar-refractivity contribution in [3.8, 4) is 11.5 Å². The lowest BCUT2D eigenvalue weighted by Crippen LogP contribution is -2.39. The molecule has 1 aliphatic carbocycles. The van der Waals surface area contributed by atoms with Gasteiger partial charge in [0.05, 0.1) is 14.2 Å². The van der Waals surface area contributed by atoms with Crippen molar-refractivity contribution in [2.75, 3.05) is 19.5 Å². The lowest BCUT2D eigenvalue weighted by atomic mass is 10.0. The average molecular weight is 368 g/mol. The molecule has 0 radical (unpaired) electrons. The summed E-state index contributed by atoms with van der Waals surface area (Å²) in [5, 5.41) is 5.72. The Morgan fingerprint density at radius 3 is 2.37 bits per heavy atom. The van der Waals surface area contributed by atoms with E-state index >= 15 is 0 Å². The maximum absolute atomic E-state index is 12.7. The number of carbonyl (C=O) groups is 2. The predicted octanol–water partition coefficient (Wildman–Crippen LogP) is 3.05. The maximum Gasteiger partial charge on any atom is 0.240 e. The number of ether oxygens (including phenoxy) is 2. The summed E-state index contributed by atoms with van der Waals surface area (Å²) in [6, 6.07) is 13.0. The van der Waals surface area contributed by atoms with Gasteiger partial charge in [0.25, 0.3) is 0 Å². The smallest absolute Gasteiger partial charge is 0.240 e. The molecule has 27 heavy (non-hydrogen) atoms. The first-order valence-corrected chi connectivity index (χ1v) is 8.86. The van der Waals surface area contributed by atoms with Gasteiger partial charge in [0.1, 0.15) is 5.41 Å². The summed E-state index contributed by atoms with van der Waals surface area (Å²) in [5.41, 5.74) is 1.72. The van der Waals surface area contributed by atoms with Crippen LogP contribution < -0.4 is 20.1 Å². The summed E-state index contributed by atoms with van der Waals surface area (Å²) in [7, 11) is 3.08. The first kappa shape index (κ1) is 18.8. The van der Waals surface area contributed by atoms with E-state index in [2.05, 4.69) is 10.6 Å². The molecule has 6 nitrogen and oxygen atoms in total. The molecule has 0 unspecified atom stereocenters. The minimum absolute atomic E-state index is 0.234. The number of nitrogens with one attached hydrogen (secondary N) is 2. The average Bonchev–Trinajstić information content (AvgIpc) is 3.48. The van der Waals surface area contributed by atoms with E-state index in [0.717, 1.165) is 11.1 Å². The second-order valence-electron chi connectivity index (χ2n) is 6.78. The van der Waals surface area contributed by atoms with Crippen molar-refractivity contribution in [2.24, 2.45) is 5.41 Å². The summed E-state index contributed by atoms with van der Waals surface area (Å²) in [6.07, 6.45) is 1.09. The van der Waals surface area contributed by atoms with Gasteiger partial charge in [0, 0.05) is 18.3 Å². The minimum atomic E-state index is -0.989. The summed E-state index contributed by atoms with van der Waals surface area (Å²) < 4.78 is 10.4. The van der Waals surface area contributed by atoms with Crippen LogP contribution in [0.2, 0.25) is 0 Å².